The number of carbonyl (C=O) groups is 1. The molecule has 1 aromatic heterocycles. The zero-order valence-corrected chi connectivity index (χ0v) is 14.7. The van der Waals surface area contributed by atoms with E-state index < -0.39 is 5.97 Å². The highest BCUT2D eigenvalue weighted by Crippen LogP contribution is 2.25. The third-order valence-corrected chi connectivity index (χ3v) is 4.15. The fraction of sp³-hybridized carbons (Fsp3) is 0.118. The number of methoxy groups -OCH3 is 1. The molecule has 0 aliphatic rings. The van der Waals surface area contributed by atoms with Gasteiger partial charge in [-0.2, -0.15) is 0 Å². The van der Waals surface area contributed by atoms with E-state index in [1.54, 1.807) is 43.5 Å². The van der Waals surface area contributed by atoms with Crippen molar-refractivity contribution in [3.05, 3.63) is 53.6 Å². The van der Waals surface area contributed by atoms with E-state index in [1.165, 1.54) is 0 Å². The number of esters is 1. The largest absolute Gasteiger partial charge is 0.497 e. The van der Waals surface area contributed by atoms with Crippen molar-refractivity contribution in [3.8, 4) is 23.0 Å². The molecule has 25 heavy (non-hydrogen) atoms. The van der Waals surface area contributed by atoms with Gasteiger partial charge in [0.1, 0.15) is 17.3 Å². The van der Waals surface area contributed by atoms with Crippen molar-refractivity contribution < 1.29 is 18.7 Å². The van der Waals surface area contributed by atoms with Crippen LogP contribution in [-0.4, -0.2) is 29.0 Å². The van der Waals surface area contributed by atoms with Crippen LogP contribution in [0.3, 0.4) is 0 Å². The maximum Gasteiger partial charge on any atom is 0.321 e. The van der Waals surface area contributed by atoms with Gasteiger partial charge < -0.3 is 13.9 Å². The first kappa shape index (κ1) is 17.3. The van der Waals surface area contributed by atoms with E-state index in [0.717, 1.165) is 23.1 Å². The van der Waals surface area contributed by atoms with E-state index in [4.69, 9.17) is 25.5 Å². The lowest BCUT2D eigenvalue weighted by molar-refractivity contribution is -0.131. The minimum atomic E-state index is -0.420. The summed E-state index contributed by atoms with van der Waals surface area (Å²) in [6.45, 7) is 0. The number of rotatable bonds is 6. The third kappa shape index (κ3) is 4.74. The van der Waals surface area contributed by atoms with Gasteiger partial charge in [0.2, 0.25) is 5.89 Å². The van der Waals surface area contributed by atoms with Gasteiger partial charge in [-0.1, -0.05) is 23.4 Å². The van der Waals surface area contributed by atoms with Crippen LogP contribution in [0.25, 0.3) is 11.5 Å². The molecule has 8 heteroatoms. The lowest BCUT2D eigenvalue weighted by Crippen LogP contribution is -2.10. The van der Waals surface area contributed by atoms with E-state index in [-0.39, 0.29) is 5.75 Å². The molecule has 3 aromatic rings. The highest BCUT2D eigenvalue weighted by Gasteiger charge is 2.12. The maximum atomic E-state index is 11.8. The monoisotopic (exact) mass is 376 g/mol. The number of carbonyl (C=O) groups excluding carboxylic acids is 1. The van der Waals surface area contributed by atoms with Crippen LogP contribution in [0.5, 0.6) is 11.5 Å². The Kier molecular flexibility index (Phi) is 5.57. The first-order chi connectivity index (χ1) is 12.1. The summed E-state index contributed by atoms with van der Waals surface area (Å²) >= 11 is 6.89. The van der Waals surface area contributed by atoms with Crippen molar-refractivity contribution in [3.63, 3.8) is 0 Å². The second-order valence-corrected chi connectivity index (χ2v) is 6.18. The van der Waals surface area contributed by atoms with Gasteiger partial charge in [-0.05, 0) is 48.5 Å². The Hall–Kier alpha value is -2.51. The average molecular weight is 377 g/mol. The topological polar surface area (TPSA) is 74.5 Å². The molecule has 0 aliphatic heterocycles. The van der Waals surface area contributed by atoms with Crippen LogP contribution in [0, 0.1) is 0 Å². The van der Waals surface area contributed by atoms with Gasteiger partial charge in [0.05, 0.1) is 7.11 Å². The van der Waals surface area contributed by atoms with Crippen LogP contribution in [0.15, 0.2) is 58.2 Å². The summed E-state index contributed by atoms with van der Waals surface area (Å²) in [5, 5.41) is 8.75. The van der Waals surface area contributed by atoms with Crippen LogP contribution < -0.4 is 9.47 Å². The second kappa shape index (κ2) is 8.04. The molecule has 0 aliphatic carbocycles. The van der Waals surface area contributed by atoms with Crippen molar-refractivity contribution in [2.24, 2.45) is 0 Å². The Balaban J connectivity index is 1.55. The van der Waals surface area contributed by atoms with Crippen molar-refractivity contribution in [1.82, 2.24) is 10.2 Å². The van der Waals surface area contributed by atoms with Gasteiger partial charge in [0, 0.05) is 10.6 Å². The molecular weight excluding hydrogens is 364 g/mol. The molecule has 0 fully saturated rings. The van der Waals surface area contributed by atoms with Crippen molar-refractivity contribution >= 4 is 29.3 Å². The first-order valence-corrected chi connectivity index (χ1v) is 8.57. The number of hydrogen-bond donors (Lipinski definition) is 0. The summed E-state index contributed by atoms with van der Waals surface area (Å²) in [4.78, 5) is 11.8. The zero-order valence-electron chi connectivity index (χ0n) is 13.1. The minimum absolute atomic E-state index is 0.0485. The highest BCUT2D eigenvalue weighted by atomic mass is 35.5. The fourth-order valence-electron chi connectivity index (χ4n) is 1.90. The minimum Gasteiger partial charge on any atom is -0.497 e. The summed E-state index contributed by atoms with van der Waals surface area (Å²) in [5.41, 5.74) is 0.767. The molecule has 0 spiro atoms. The second-order valence-electron chi connectivity index (χ2n) is 4.82. The van der Waals surface area contributed by atoms with E-state index >= 15 is 0 Å². The Morgan fingerprint density at radius 2 is 1.76 bits per heavy atom. The molecule has 0 N–H and O–H groups in total. The molecule has 0 saturated heterocycles. The van der Waals surface area contributed by atoms with Crippen molar-refractivity contribution in [1.29, 1.82) is 0 Å². The quantitative estimate of drug-likeness (QED) is 0.364. The Morgan fingerprint density at radius 1 is 1.08 bits per heavy atom. The van der Waals surface area contributed by atoms with Gasteiger partial charge >= 0.3 is 5.97 Å². The van der Waals surface area contributed by atoms with Crippen LogP contribution >= 0.6 is 23.4 Å². The molecule has 128 valence electrons. The van der Waals surface area contributed by atoms with Crippen LogP contribution in [-0.2, 0) is 4.79 Å². The van der Waals surface area contributed by atoms with Gasteiger partial charge in [-0.25, -0.2) is 0 Å². The number of ether oxygens (including phenoxy) is 2. The number of benzene rings is 2. The molecular formula is C17H13ClN2O4S. The van der Waals surface area contributed by atoms with Crippen LogP contribution in [0.1, 0.15) is 0 Å². The molecule has 3 rings (SSSR count). The van der Waals surface area contributed by atoms with E-state index in [2.05, 4.69) is 10.2 Å². The molecule has 0 amide bonds. The summed E-state index contributed by atoms with van der Waals surface area (Å²) < 4.78 is 15.8. The van der Waals surface area contributed by atoms with Crippen molar-refractivity contribution in [2.45, 2.75) is 5.22 Å². The van der Waals surface area contributed by atoms with E-state index in [0.29, 0.717) is 21.9 Å². The number of thioether (sulfide) groups is 1. The molecule has 6 nitrogen and oxygen atoms in total. The fourth-order valence-corrected chi connectivity index (χ4v) is 2.57. The standard InChI is InChI=1S/C17H13ClN2O4S/c1-22-13-6-2-11(3-7-13)16-19-20-17(24-16)25-10-15(21)23-14-8-4-12(18)5-9-14/h2-9H,10H2,1H3. The summed E-state index contributed by atoms with van der Waals surface area (Å²) in [6.07, 6.45) is 0. The summed E-state index contributed by atoms with van der Waals surface area (Å²) in [7, 11) is 1.60. The van der Waals surface area contributed by atoms with Gasteiger partial charge in [0.25, 0.3) is 5.22 Å². The van der Waals surface area contributed by atoms with E-state index in [9.17, 15) is 4.79 Å². The van der Waals surface area contributed by atoms with Crippen LogP contribution in [0.2, 0.25) is 5.02 Å². The maximum absolute atomic E-state index is 11.8. The number of halogens is 1. The molecule has 0 radical (unpaired) electrons. The summed E-state index contributed by atoms with van der Waals surface area (Å²) in [5.74, 6) is 1.17. The first-order valence-electron chi connectivity index (χ1n) is 7.21. The molecule has 1 heterocycles. The Labute approximate surface area is 153 Å². The smallest absolute Gasteiger partial charge is 0.321 e. The normalized spacial score (nSPS) is 10.5. The molecule has 2 aromatic carbocycles. The third-order valence-electron chi connectivity index (χ3n) is 3.10. The molecule has 0 unspecified atom stereocenters. The lowest BCUT2D eigenvalue weighted by atomic mass is 10.2. The predicted octanol–water partition coefficient (Wildman–Crippen LogP) is 4.10. The Bertz CT molecular complexity index is 850. The Morgan fingerprint density at radius 3 is 2.44 bits per heavy atom. The predicted molar refractivity (Wildman–Crippen MR) is 94.1 cm³/mol. The molecule has 0 atom stereocenters. The summed E-state index contributed by atoms with van der Waals surface area (Å²) in [6, 6.07) is 13.8. The van der Waals surface area contributed by atoms with Gasteiger partial charge in [0.15, 0.2) is 0 Å². The highest BCUT2D eigenvalue weighted by molar-refractivity contribution is 7.99. The van der Waals surface area contributed by atoms with Crippen LogP contribution in [0.4, 0.5) is 0 Å². The zero-order chi connectivity index (χ0) is 17.6. The SMILES string of the molecule is COc1ccc(-c2nnc(SCC(=O)Oc3ccc(Cl)cc3)o2)cc1. The number of hydrogen-bond acceptors (Lipinski definition) is 7. The number of aromatic nitrogens is 2. The van der Waals surface area contributed by atoms with Gasteiger partial charge in [-0.3, -0.25) is 4.79 Å². The number of nitrogens with zero attached hydrogens (tertiary/aromatic N) is 2. The van der Waals surface area contributed by atoms with Gasteiger partial charge in [-0.15, -0.1) is 10.2 Å². The molecule has 0 saturated carbocycles. The van der Waals surface area contributed by atoms with Crippen molar-refractivity contribution in [2.75, 3.05) is 12.9 Å². The molecule has 0 bridgehead atoms. The lowest BCUT2D eigenvalue weighted by Gasteiger charge is -2.02. The van der Waals surface area contributed by atoms with E-state index in [1.807, 2.05) is 12.1 Å². The average Bonchev–Trinajstić information content (AvgIpc) is 3.11.